The van der Waals surface area contributed by atoms with E-state index in [1.54, 1.807) is 0 Å². The number of aryl methyl sites for hydroxylation is 1. The Morgan fingerprint density at radius 1 is 1.35 bits per heavy atom. The van der Waals surface area contributed by atoms with Crippen molar-refractivity contribution in [3.63, 3.8) is 0 Å². The van der Waals surface area contributed by atoms with Crippen LogP contribution in [0.5, 0.6) is 0 Å². The van der Waals surface area contributed by atoms with Crippen molar-refractivity contribution < 1.29 is 14.4 Å². The molecule has 1 heterocycles. The summed E-state index contributed by atoms with van der Waals surface area (Å²) >= 11 is 0. The van der Waals surface area contributed by atoms with Crippen LogP contribution in [-0.4, -0.2) is 29.0 Å². The summed E-state index contributed by atoms with van der Waals surface area (Å²) in [6, 6.07) is 8.30. The maximum absolute atomic E-state index is 10.4. The molecule has 4 nitrogen and oxygen atoms in total. The molecule has 1 aliphatic rings. The van der Waals surface area contributed by atoms with E-state index in [2.05, 4.69) is 47.4 Å². The van der Waals surface area contributed by atoms with E-state index in [-0.39, 0.29) is 0 Å². The fourth-order valence-electron chi connectivity index (χ4n) is 3.38. The molecule has 2 unspecified atom stereocenters. The van der Waals surface area contributed by atoms with Crippen LogP contribution in [0, 0.1) is 12.8 Å². The van der Waals surface area contributed by atoms with Crippen molar-refractivity contribution in [2.45, 2.75) is 38.8 Å². The van der Waals surface area contributed by atoms with Crippen LogP contribution in [0.2, 0.25) is 0 Å². The first kappa shape index (κ1) is 16.2. The van der Waals surface area contributed by atoms with Crippen LogP contribution < -0.4 is 4.57 Å². The number of rotatable bonds is 6. The van der Waals surface area contributed by atoms with Crippen molar-refractivity contribution in [1.82, 2.24) is 4.57 Å². The largest absolute Gasteiger partial charge is 0.387 e. The zero-order chi connectivity index (χ0) is 16.2. The number of hydrogen-bond donors (Lipinski definition) is 1. The van der Waals surface area contributed by atoms with Gasteiger partial charge in [0.25, 0.3) is 5.82 Å². The highest BCUT2D eigenvalue weighted by Gasteiger charge is 2.21. The summed E-state index contributed by atoms with van der Waals surface area (Å²) in [6.45, 7) is 3.80. The lowest BCUT2D eigenvalue weighted by Crippen LogP contribution is -2.32. The van der Waals surface area contributed by atoms with Crippen LogP contribution in [0.15, 0.2) is 36.4 Å². The fourth-order valence-corrected chi connectivity index (χ4v) is 3.38. The van der Waals surface area contributed by atoms with Crippen molar-refractivity contribution in [3.05, 3.63) is 42.2 Å². The molecule has 2 atom stereocenters. The van der Waals surface area contributed by atoms with Crippen molar-refractivity contribution in [2.24, 2.45) is 13.0 Å². The summed E-state index contributed by atoms with van der Waals surface area (Å²) in [5.41, 5.74) is 2.34. The van der Waals surface area contributed by atoms with Gasteiger partial charge in [-0.15, -0.1) is 0 Å². The minimum atomic E-state index is -0.483. The first-order valence-corrected chi connectivity index (χ1v) is 8.51. The molecule has 0 spiro atoms. The molecule has 0 amide bonds. The van der Waals surface area contributed by atoms with Gasteiger partial charge >= 0.3 is 0 Å². The Morgan fingerprint density at radius 3 is 2.96 bits per heavy atom. The normalized spacial score (nSPS) is 19.3. The third kappa shape index (κ3) is 3.65. The van der Waals surface area contributed by atoms with Crippen LogP contribution in [0.25, 0.3) is 11.0 Å². The number of para-hydroxylation sites is 2. The SMILES string of the molecule is Cc1n(CC(O)COCC2CC=CCC2)c2ccccc2[n+]1C. The Balaban J connectivity index is 1.58. The Kier molecular flexibility index (Phi) is 5.13. The predicted molar refractivity (Wildman–Crippen MR) is 91.2 cm³/mol. The molecule has 2 aromatic rings. The Bertz CT molecular complexity index is 690. The van der Waals surface area contributed by atoms with Crippen molar-refractivity contribution in [2.75, 3.05) is 13.2 Å². The van der Waals surface area contributed by atoms with Crippen LogP contribution in [-0.2, 0) is 18.3 Å². The highest BCUT2D eigenvalue weighted by Crippen LogP contribution is 2.18. The van der Waals surface area contributed by atoms with Gasteiger partial charge in [0.1, 0.15) is 12.6 Å². The smallest absolute Gasteiger partial charge is 0.254 e. The maximum atomic E-state index is 10.4. The van der Waals surface area contributed by atoms with E-state index in [4.69, 9.17) is 4.74 Å². The van der Waals surface area contributed by atoms with E-state index in [1.165, 1.54) is 11.9 Å². The molecular formula is C19H27N2O2+. The molecule has 124 valence electrons. The van der Waals surface area contributed by atoms with Crippen LogP contribution >= 0.6 is 0 Å². The van der Waals surface area contributed by atoms with E-state index >= 15 is 0 Å². The highest BCUT2D eigenvalue weighted by molar-refractivity contribution is 5.72. The Labute approximate surface area is 138 Å². The van der Waals surface area contributed by atoms with E-state index in [1.807, 2.05) is 12.1 Å². The molecule has 3 rings (SSSR count). The molecule has 1 aliphatic carbocycles. The van der Waals surface area contributed by atoms with Gasteiger partial charge in [0.2, 0.25) is 0 Å². The van der Waals surface area contributed by atoms with Crippen molar-refractivity contribution in [1.29, 1.82) is 0 Å². The summed E-state index contributed by atoms with van der Waals surface area (Å²) < 4.78 is 10.1. The number of aliphatic hydroxyl groups excluding tert-OH is 1. The molecule has 0 saturated heterocycles. The van der Waals surface area contributed by atoms with Gasteiger partial charge < -0.3 is 9.84 Å². The quantitative estimate of drug-likeness (QED) is 0.657. The van der Waals surface area contributed by atoms with Crippen LogP contribution in [0.1, 0.15) is 25.1 Å². The number of ether oxygens (including phenoxy) is 1. The van der Waals surface area contributed by atoms with Gasteiger partial charge in [-0.3, -0.25) is 0 Å². The number of fused-ring (bicyclic) bond motifs is 1. The molecule has 1 aromatic carbocycles. The fraction of sp³-hybridized carbons (Fsp3) is 0.526. The van der Waals surface area contributed by atoms with E-state index in [9.17, 15) is 5.11 Å². The molecule has 1 aromatic heterocycles. The number of aromatic nitrogens is 2. The molecule has 0 aliphatic heterocycles. The summed E-state index contributed by atoms with van der Waals surface area (Å²) in [4.78, 5) is 0. The van der Waals surface area contributed by atoms with E-state index in [0.29, 0.717) is 19.1 Å². The summed E-state index contributed by atoms with van der Waals surface area (Å²) in [5.74, 6) is 1.75. The summed E-state index contributed by atoms with van der Waals surface area (Å²) in [6.07, 6.45) is 7.45. The van der Waals surface area contributed by atoms with Gasteiger partial charge in [-0.05, 0) is 37.3 Å². The molecular weight excluding hydrogens is 288 g/mol. The number of nitrogens with zero attached hydrogens (tertiary/aromatic N) is 2. The average Bonchev–Trinajstić information content (AvgIpc) is 2.81. The number of imidazole rings is 1. The Hall–Kier alpha value is -1.65. The molecule has 4 heteroatoms. The minimum absolute atomic E-state index is 0.399. The van der Waals surface area contributed by atoms with Gasteiger partial charge in [0, 0.05) is 13.5 Å². The summed E-state index contributed by atoms with van der Waals surface area (Å²) in [7, 11) is 2.06. The molecule has 0 saturated carbocycles. The van der Waals surface area contributed by atoms with Gasteiger partial charge in [-0.2, -0.15) is 0 Å². The zero-order valence-corrected chi connectivity index (χ0v) is 14.1. The lowest BCUT2D eigenvalue weighted by molar-refractivity contribution is -0.652. The first-order valence-electron chi connectivity index (χ1n) is 8.51. The average molecular weight is 315 g/mol. The summed E-state index contributed by atoms with van der Waals surface area (Å²) in [5, 5.41) is 10.4. The number of aliphatic hydroxyl groups is 1. The minimum Gasteiger partial charge on any atom is -0.387 e. The van der Waals surface area contributed by atoms with Gasteiger partial charge in [0.05, 0.1) is 13.7 Å². The third-order valence-electron chi connectivity index (χ3n) is 4.84. The first-order chi connectivity index (χ1) is 11.2. The monoisotopic (exact) mass is 315 g/mol. The second-order valence-corrected chi connectivity index (χ2v) is 6.55. The van der Waals surface area contributed by atoms with Crippen molar-refractivity contribution >= 4 is 11.0 Å². The lowest BCUT2D eigenvalue weighted by Gasteiger charge is -2.18. The zero-order valence-electron chi connectivity index (χ0n) is 14.1. The number of benzene rings is 1. The van der Waals surface area contributed by atoms with Gasteiger partial charge in [0.15, 0.2) is 11.0 Å². The Morgan fingerprint density at radius 2 is 2.17 bits per heavy atom. The molecule has 23 heavy (non-hydrogen) atoms. The topological polar surface area (TPSA) is 38.3 Å². The lowest BCUT2D eigenvalue weighted by atomic mass is 9.95. The number of hydrogen-bond acceptors (Lipinski definition) is 2. The van der Waals surface area contributed by atoms with E-state index in [0.717, 1.165) is 30.8 Å². The molecule has 0 bridgehead atoms. The maximum Gasteiger partial charge on any atom is 0.254 e. The molecule has 0 radical (unpaired) electrons. The highest BCUT2D eigenvalue weighted by atomic mass is 16.5. The van der Waals surface area contributed by atoms with E-state index < -0.39 is 6.10 Å². The second kappa shape index (κ2) is 7.28. The third-order valence-corrected chi connectivity index (χ3v) is 4.84. The van der Waals surface area contributed by atoms with Crippen LogP contribution in [0.3, 0.4) is 0 Å². The standard InChI is InChI=1S/C19H27N2O2/c1-15-20(2)18-10-6-7-11-19(18)21(15)12-17(22)14-23-13-16-8-4-3-5-9-16/h3-4,6-7,10-11,16-17,22H,5,8-9,12-14H2,1-2H3/q+1. The van der Waals surface area contributed by atoms with Crippen LogP contribution in [0.4, 0.5) is 0 Å². The predicted octanol–water partition coefficient (Wildman–Crippen LogP) is 2.51. The number of allylic oxidation sites excluding steroid dienone is 2. The molecule has 0 fully saturated rings. The van der Waals surface area contributed by atoms with Crippen molar-refractivity contribution in [3.8, 4) is 0 Å². The molecule has 1 N–H and O–H groups in total. The van der Waals surface area contributed by atoms with Gasteiger partial charge in [-0.1, -0.05) is 24.3 Å². The van der Waals surface area contributed by atoms with Gasteiger partial charge in [-0.25, -0.2) is 9.13 Å². The second-order valence-electron chi connectivity index (χ2n) is 6.55.